The zero-order valence-electron chi connectivity index (χ0n) is 39.4. The summed E-state index contributed by atoms with van der Waals surface area (Å²) in [5.74, 6) is 0.734. The van der Waals surface area contributed by atoms with Gasteiger partial charge in [-0.25, -0.2) is 9.97 Å². The first-order chi connectivity index (χ1) is 34.0. The van der Waals surface area contributed by atoms with E-state index in [4.69, 9.17) is 9.72 Å². The number of imide groups is 1. The predicted molar refractivity (Wildman–Crippen MR) is 265 cm³/mol. The number of amides is 4. The molecule has 362 valence electrons. The van der Waals surface area contributed by atoms with Crippen molar-refractivity contribution < 1.29 is 29.0 Å². The van der Waals surface area contributed by atoms with Crippen molar-refractivity contribution in [3.05, 3.63) is 103 Å². The number of nitrogens with zero attached hydrogens (tertiary/aromatic N) is 8. The van der Waals surface area contributed by atoms with Crippen molar-refractivity contribution in [2.75, 3.05) is 59.3 Å². The minimum atomic E-state index is -0.666. The van der Waals surface area contributed by atoms with Crippen LogP contribution in [0.1, 0.15) is 92.6 Å². The van der Waals surface area contributed by atoms with Crippen LogP contribution in [-0.4, -0.2) is 117 Å². The average Bonchev–Trinajstić information content (AvgIpc) is 3.93. The number of aromatic nitrogens is 3. The summed E-state index contributed by atoms with van der Waals surface area (Å²) < 4.78 is 8.00. The second-order valence-corrected chi connectivity index (χ2v) is 20.9. The Bertz CT molecular complexity index is 3040. The number of ether oxygens (including phenoxy) is 1. The molecule has 18 heteroatoms. The number of hydrogen-bond donors (Lipinski definition) is 3. The monoisotopic (exact) mass is 964 g/mol. The molecule has 0 bridgehead atoms. The number of carbonyl (C=O) groups is 4. The number of nitrogens with one attached hydrogen (secondary N) is 2. The molecular weight excluding hydrogens is 909 g/mol. The molecule has 17 nitrogen and oxygen atoms in total. The van der Waals surface area contributed by atoms with Gasteiger partial charge < -0.3 is 34.4 Å². The molecule has 0 spiro atoms. The van der Waals surface area contributed by atoms with E-state index in [1.165, 1.54) is 20.6 Å². The number of rotatable bonds is 8. The van der Waals surface area contributed by atoms with Crippen LogP contribution in [0.4, 0.5) is 28.7 Å². The van der Waals surface area contributed by atoms with Gasteiger partial charge >= 0.3 is 0 Å². The number of fused-ring (bicyclic) bond motifs is 8. The van der Waals surface area contributed by atoms with Gasteiger partial charge in [0.2, 0.25) is 11.8 Å². The molecule has 1 aromatic carbocycles. The third-order valence-corrected chi connectivity index (χ3v) is 17.1. The van der Waals surface area contributed by atoms with Crippen LogP contribution >= 0.6 is 11.3 Å². The standard InChI is InChI=1S/C52H56N10O7S/c1-29-24-58(31-14-17-60-33(22-31)28-69-46-38-26-62(42-10-12-45(64)56-49(42)65)50(66)37(38)8-9-41(46)60)19-20-59(29)32-7-11-44(54-23-32)55-40-21-30(25-57(2)51(40)67)34-13-16-53-48(39(34)27-63)61-18-15-36-35-5-3-4-6-43(35)70-47(36)52(61)68/h7-9,11,13,16,21,23,25,29,31,33,42,63H,3-6,10,12,14-15,17-20,22,24,26-28H2,1-2H3,(H,54,55)(H,56,64,65)/t29-,31?,33?,42?/m0/s1. The summed E-state index contributed by atoms with van der Waals surface area (Å²) in [5.41, 5.74) is 8.00. The second kappa shape index (κ2) is 17.6. The molecule has 12 rings (SSSR count). The third-order valence-electron chi connectivity index (χ3n) is 15.8. The minimum Gasteiger partial charge on any atom is -0.489 e. The number of piperidine rings is 2. The number of benzene rings is 1. The number of anilines is 5. The molecule has 3 unspecified atom stereocenters. The normalized spacial score (nSPS) is 23.3. The van der Waals surface area contributed by atoms with Crippen molar-refractivity contribution in [1.29, 1.82) is 0 Å². The molecule has 3 saturated heterocycles. The van der Waals surface area contributed by atoms with Gasteiger partial charge in [-0.05, 0) is 111 Å². The van der Waals surface area contributed by atoms with E-state index in [1.54, 1.807) is 46.6 Å². The highest BCUT2D eigenvalue weighted by molar-refractivity contribution is 7.14. The first kappa shape index (κ1) is 44.6. The van der Waals surface area contributed by atoms with Crippen molar-refractivity contribution >= 4 is 63.7 Å². The smallest absolute Gasteiger partial charge is 0.274 e. The van der Waals surface area contributed by atoms with E-state index in [2.05, 4.69) is 37.2 Å². The van der Waals surface area contributed by atoms with Crippen LogP contribution < -0.4 is 35.6 Å². The molecule has 4 atom stereocenters. The largest absolute Gasteiger partial charge is 0.489 e. The lowest BCUT2D eigenvalue weighted by Crippen LogP contribution is -2.59. The van der Waals surface area contributed by atoms with Gasteiger partial charge in [0.1, 0.15) is 35.7 Å². The van der Waals surface area contributed by atoms with Crippen LogP contribution in [0.3, 0.4) is 0 Å². The fourth-order valence-corrected chi connectivity index (χ4v) is 13.7. The molecule has 1 aliphatic carbocycles. The Kier molecular flexibility index (Phi) is 11.2. The van der Waals surface area contributed by atoms with Crippen molar-refractivity contribution in [2.45, 2.75) is 102 Å². The maximum atomic E-state index is 14.0. The van der Waals surface area contributed by atoms with Crippen LogP contribution in [0.15, 0.2) is 59.8 Å². The number of carbonyl (C=O) groups excluding carboxylic acids is 4. The molecule has 70 heavy (non-hydrogen) atoms. The van der Waals surface area contributed by atoms with E-state index in [-0.39, 0.29) is 48.4 Å². The SMILES string of the molecule is C[C@H]1CN(C2CCN3c4ccc5c(c4OCC3C2)CN(C2CCC(=O)NC2=O)C5=O)CCN1c1ccc(Nc2cc(-c3ccnc(N4CCc5c(sc6c5CCCC6)C4=O)c3CO)cn(C)c2=O)nc1. The fourth-order valence-electron chi connectivity index (χ4n) is 12.3. The first-order valence-corrected chi connectivity index (χ1v) is 25.5. The molecule has 4 amide bonds. The molecule has 7 aliphatic rings. The van der Waals surface area contributed by atoms with Gasteiger partial charge in [0.25, 0.3) is 17.4 Å². The molecule has 0 radical (unpaired) electrons. The van der Waals surface area contributed by atoms with Crippen LogP contribution in [0, 0.1) is 0 Å². The molecule has 6 aliphatic heterocycles. The van der Waals surface area contributed by atoms with Crippen LogP contribution in [-0.2, 0) is 49.1 Å². The van der Waals surface area contributed by atoms with Crippen molar-refractivity contribution in [2.24, 2.45) is 7.05 Å². The van der Waals surface area contributed by atoms with Crippen molar-refractivity contribution in [3.8, 4) is 16.9 Å². The zero-order valence-corrected chi connectivity index (χ0v) is 40.2. The predicted octanol–water partition coefficient (Wildman–Crippen LogP) is 4.92. The summed E-state index contributed by atoms with van der Waals surface area (Å²) in [6, 6.07) is 11.6. The number of aliphatic hydroxyl groups excluding tert-OH is 1. The van der Waals surface area contributed by atoms with Crippen LogP contribution in [0.25, 0.3) is 11.1 Å². The van der Waals surface area contributed by atoms with Crippen molar-refractivity contribution in [3.63, 3.8) is 0 Å². The number of aliphatic hydroxyl groups is 1. The number of piperazine rings is 1. The topological polar surface area (TPSA) is 186 Å². The molecule has 3 fully saturated rings. The van der Waals surface area contributed by atoms with E-state index in [0.29, 0.717) is 71.7 Å². The summed E-state index contributed by atoms with van der Waals surface area (Å²) in [6.07, 6.45) is 12.9. The van der Waals surface area contributed by atoms with Gasteiger partial charge in [0.05, 0.1) is 41.6 Å². The highest BCUT2D eigenvalue weighted by Crippen LogP contribution is 2.46. The zero-order chi connectivity index (χ0) is 47.9. The van der Waals surface area contributed by atoms with E-state index < -0.39 is 11.9 Å². The van der Waals surface area contributed by atoms with Crippen LogP contribution in [0.2, 0.25) is 0 Å². The fraction of sp³-hybridized carbons (Fsp3) is 0.442. The molecule has 10 heterocycles. The lowest BCUT2D eigenvalue weighted by atomic mass is 9.92. The molecular formula is C52H56N10O7S. The quantitative estimate of drug-likeness (QED) is 0.178. The van der Waals surface area contributed by atoms with Gasteiger partial charge in [0, 0.05) is 97.8 Å². The number of thiophene rings is 1. The summed E-state index contributed by atoms with van der Waals surface area (Å²) in [6.45, 7) is 6.75. The maximum Gasteiger partial charge on any atom is 0.274 e. The number of hydrogen-bond acceptors (Lipinski definition) is 14. The first-order valence-electron chi connectivity index (χ1n) is 24.7. The van der Waals surface area contributed by atoms with Gasteiger partial charge in [0.15, 0.2) is 0 Å². The minimum absolute atomic E-state index is 0.0639. The maximum absolute atomic E-state index is 14.0. The molecule has 3 N–H and O–H groups in total. The summed E-state index contributed by atoms with van der Waals surface area (Å²) in [7, 11) is 1.70. The molecule has 4 aromatic heterocycles. The Hall–Kier alpha value is -6.63. The van der Waals surface area contributed by atoms with Gasteiger partial charge in [-0.3, -0.25) is 39.1 Å². The number of pyridine rings is 3. The summed E-state index contributed by atoms with van der Waals surface area (Å²) in [4.78, 5) is 87.7. The van der Waals surface area contributed by atoms with Gasteiger partial charge in [-0.15, -0.1) is 11.3 Å². The molecule has 0 saturated carbocycles. The van der Waals surface area contributed by atoms with Crippen LogP contribution in [0.5, 0.6) is 5.75 Å². The molecule has 5 aromatic rings. The lowest BCUT2D eigenvalue weighted by molar-refractivity contribution is -0.136. The Morgan fingerprint density at radius 3 is 2.54 bits per heavy atom. The number of aryl methyl sites for hydroxylation is 2. The van der Waals surface area contributed by atoms with E-state index in [0.717, 1.165) is 98.7 Å². The second-order valence-electron chi connectivity index (χ2n) is 19.8. The summed E-state index contributed by atoms with van der Waals surface area (Å²) >= 11 is 1.62. The van der Waals surface area contributed by atoms with E-state index in [9.17, 15) is 29.1 Å². The van der Waals surface area contributed by atoms with Gasteiger partial charge in [-0.1, -0.05) is 0 Å². The third kappa shape index (κ3) is 7.53. The Labute approximate surface area is 409 Å². The Morgan fingerprint density at radius 1 is 0.857 bits per heavy atom. The Balaban J connectivity index is 0.691. The highest BCUT2D eigenvalue weighted by atomic mass is 32.1. The summed E-state index contributed by atoms with van der Waals surface area (Å²) in [5, 5.41) is 16.5. The lowest BCUT2D eigenvalue weighted by Gasteiger charge is -2.50. The van der Waals surface area contributed by atoms with E-state index in [1.807, 2.05) is 36.5 Å². The highest BCUT2D eigenvalue weighted by Gasteiger charge is 2.44. The van der Waals surface area contributed by atoms with Crippen molar-refractivity contribution in [1.82, 2.24) is 29.7 Å². The average molecular weight is 965 g/mol. The van der Waals surface area contributed by atoms with Gasteiger partial charge in [-0.2, -0.15) is 0 Å². The van der Waals surface area contributed by atoms with E-state index >= 15 is 0 Å². The Morgan fingerprint density at radius 2 is 1.73 bits per heavy atom.